The van der Waals surface area contributed by atoms with E-state index in [0.717, 1.165) is 0 Å². The normalized spacial score (nSPS) is 25.1. The highest BCUT2D eigenvalue weighted by atomic mass is 16.4. The molecule has 0 spiro atoms. The molecule has 0 aromatic heterocycles. The molecule has 0 aromatic rings. The Morgan fingerprint density at radius 3 is 2.11 bits per heavy atom. The number of aliphatic carboxylic acids is 1. The van der Waals surface area contributed by atoms with Gasteiger partial charge in [-0.25, -0.2) is 0 Å². The molecule has 1 atom stereocenters. The third-order valence-electron chi connectivity index (χ3n) is 2.01. The van der Waals surface area contributed by atoms with Crippen molar-refractivity contribution in [3.8, 4) is 0 Å². The number of carboxylic acids is 1. The van der Waals surface area contributed by atoms with Crippen LogP contribution in [-0.4, -0.2) is 22.3 Å². The first-order chi connectivity index (χ1) is 4.09. The Morgan fingerprint density at radius 1 is 1.67 bits per heavy atom. The van der Waals surface area contributed by atoms with Gasteiger partial charge >= 0.3 is 5.97 Å². The molecule has 0 aliphatic heterocycles. The maximum absolute atomic E-state index is 10.4. The van der Waals surface area contributed by atoms with E-state index in [1.807, 2.05) is 0 Å². The van der Waals surface area contributed by atoms with Crippen LogP contribution in [0.4, 0.5) is 0 Å². The molecule has 0 saturated heterocycles. The molecule has 1 saturated carbocycles. The molecule has 0 bridgehead atoms. The first-order valence-electron chi connectivity index (χ1n) is 3.01. The molecule has 0 aromatic carbocycles. The molecule has 0 radical (unpaired) electrons. The van der Waals surface area contributed by atoms with Gasteiger partial charge in [-0.3, -0.25) is 4.79 Å². The van der Waals surface area contributed by atoms with Gasteiger partial charge in [0, 0.05) is 0 Å². The topological polar surface area (TPSA) is 57.5 Å². The second kappa shape index (κ2) is 1.70. The summed E-state index contributed by atoms with van der Waals surface area (Å²) in [6, 6.07) is 0. The van der Waals surface area contributed by atoms with Gasteiger partial charge in [0.05, 0.1) is 11.5 Å². The van der Waals surface area contributed by atoms with Gasteiger partial charge in [-0.05, 0) is 19.8 Å². The summed E-state index contributed by atoms with van der Waals surface area (Å²) in [5, 5.41) is 17.4. The number of rotatable bonds is 2. The Bertz CT molecular complexity index is 135. The lowest BCUT2D eigenvalue weighted by atomic mass is 10.0. The van der Waals surface area contributed by atoms with Gasteiger partial charge in [0.1, 0.15) is 0 Å². The Morgan fingerprint density at radius 2 is 2.11 bits per heavy atom. The van der Waals surface area contributed by atoms with Crippen LogP contribution < -0.4 is 0 Å². The molecule has 1 rings (SSSR count). The molecule has 0 unspecified atom stereocenters. The van der Waals surface area contributed by atoms with Crippen molar-refractivity contribution in [2.75, 3.05) is 0 Å². The highest BCUT2D eigenvalue weighted by Gasteiger charge is 2.54. The molecular formula is C6H10O3. The number of aliphatic hydroxyl groups is 1. The van der Waals surface area contributed by atoms with E-state index in [2.05, 4.69) is 0 Å². The van der Waals surface area contributed by atoms with E-state index in [0.29, 0.717) is 12.8 Å². The quantitative estimate of drug-likeness (QED) is 0.562. The van der Waals surface area contributed by atoms with E-state index in [1.54, 1.807) is 0 Å². The maximum atomic E-state index is 10.4. The van der Waals surface area contributed by atoms with Gasteiger partial charge in [0.15, 0.2) is 0 Å². The van der Waals surface area contributed by atoms with E-state index in [9.17, 15) is 4.79 Å². The van der Waals surface area contributed by atoms with E-state index < -0.39 is 17.5 Å². The van der Waals surface area contributed by atoms with Gasteiger partial charge in [0.2, 0.25) is 0 Å². The maximum Gasteiger partial charge on any atom is 0.312 e. The Hall–Kier alpha value is -0.570. The zero-order chi connectivity index (χ0) is 7.07. The van der Waals surface area contributed by atoms with Crippen molar-refractivity contribution in [1.29, 1.82) is 0 Å². The van der Waals surface area contributed by atoms with Crippen LogP contribution in [0.25, 0.3) is 0 Å². The summed E-state index contributed by atoms with van der Waals surface area (Å²) < 4.78 is 0. The second-order valence-corrected chi connectivity index (χ2v) is 2.64. The van der Waals surface area contributed by atoms with Crippen molar-refractivity contribution in [2.45, 2.75) is 25.9 Å². The molecule has 2 N–H and O–H groups in total. The Balaban J connectivity index is 2.63. The first-order valence-corrected chi connectivity index (χ1v) is 3.01. The minimum absolute atomic E-state index is 0.625. The molecule has 0 amide bonds. The summed E-state index contributed by atoms with van der Waals surface area (Å²) in [6.45, 7) is 1.53. The van der Waals surface area contributed by atoms with Crippen LogP contribution in [-0.2, 0) is 4.79 Å². The average molecular weight is 130 g/mol. The molecule has 1 fully saturated rings. The monoisotopic (exact) mass is 130 g/mol. The molecule has 9 heavy (non-hydrogen) atoms. The molecule has 3 heteroatoms. The predicted octanol–water partition coefficient (Wildman–Crippen LogP) is 0.232. The number of hydrogen-bond donors (Lipinski definition) is 2. The van der Waals surface area contributed by atoms with Crippen molar-refractivity contribution >= 4 is 5.97 Å². The lowest BCUT2D eigenvalue weighted by Gasteiger charge is -2.11. The van der Waals surface area contributed by atoms with Crippen LogP contribution in [0.2, 0.25) is 0 Å². The third-order valence-corrected chi connectivity index (χ3v) is 2.01. The Kier molecular flexibility index (Phi) is 1.24. The molecular weight excluding hydrogens is 120 g/mol. The fourth-order valence-corrected chi connectivity index (χ4v) is 0.945. The van der Waals surface area contributed by atoms with Gasteiger partial charge in [-0.15, -0.1) is 0 Å². The lowest BCUT2D eigenvalue weighted by molar-refractivity contribution is -0.147. The van der Waals surface area contributed by atoms with Gasteiger partial charge in [-0.2, -0.15) is 0 Å². The summed E-state index contributed by atoms with van der Waals surface area (Å²) in [5.74, 6) is -0.863. The number of carbonyl (C=O) groups is 1. The smallest absolute Gasteiger partial charge is 0.312 e. The second-order valence-electron chi connectivity index (χ2n) is 2.64. The molecule has 52 valence electrons. The van der Waals surface area contributed by atoms with Gasteiger partial charge in [0.25, 0.3) is 0 Å². The molecule has 0 heterocycles. The minimum atomic E-state index is -0.863. The molecule has 1 aliphatic carbocycles. The van der Waals surface area contributed by atoms with Crippen molar-refractivity contribution in [2.24, 2.45) is 5.41 Å². The van der Waals surface area contributed by atoms with Crippen LogP contribution in [0.15, 0.2) is 0 Å². The SMILES string of the molecule is C[C@@H](O)C1(C(=O)O)CC1. The van der Waals surface area contributed by atoms with E-state index >= 15 is 0 Å². The largest absolute Gasteiger partial charge is 0.481 e. The summed E-state index contributed by atoms with van der Waals surface area (Å²) >= 11 is 0. The number of hydrogen-bond acceptors (Lipinski definition) is 2. The summed E-state index contributed by atoms with van der Waals surface area (Å²) in [5.41, 5.74) is -0.778. The fraction of sp³-hybridized carbons (Fsp3) is 0.833. The van der Waals surface area contributed by atoms with Crippen LogP contribution >= 0.6 is 0 Å². The predicted molar refractivity (Wildman–Crippen MR) is 31.0 cm³/mol. The van der Waals surface area contributed by atoms with Crippen LogP contribution in [0.5, 0.6) is 0 Å². The van der Waals surface area contributed by atoms with Crippen molar-refractivity contribution in [1.82, 2.24) is 0 Å². The highest BCUT2D eigenvalue weighted by Crippen LogP contribution is 2.48. The summed E-state index contributed by atoms with van der Waals surface area (Å²) in [7, 11) is 0. The average Bonchev–Trinajstić information content (AvgIpc) is 2.40. The zero-order valence-corrected chi connectivity index (χ0v) is 5.29. The fourth-order valence-electron chi connectivity index (χ4n) is 0.945. The van der Waals surface area contributed by atoms with E-state index in [1.165, 1.54) is 6.92 Å². The molecule has 3 nitrogen and oxygen atoms in total. The summed E-state index contributed by atoms with van der Waals surface area (Å²) in [4.78, 5) is 10.4. The molecule has 1 aliphatic rings. The van der Waals surface area contributed by atoms with Crippen molar-refractivity contribution in [3.63, 3.8) is 0 Å². The summed E-state index contributed by atoms with van der Waals surface area (Å²) in [6.07, 6.45) is 0.551. The highest BCUT2D eigenvalue weighted by molar-refractivity contribution is 5.78. The van der Waals surface area contributed by atoms with Crippen molar-refractivity contribution < 1.29 is 15.0 Å². The number of carboxylic acid groups (broad SMARTS) is 1. The van der Waals surface area contributed by atoms with Gasteiger partial charge < -0.3 is 10.2 Å². The number of aliphatic hydroxyl groups excluding tert-OH is 1. The zero-order valence-electron chi connectivity index (χ0n) is 5.29. The van der Waals surface area contributed by atoms with Crippen LogP contribution in [0.3, 0.4) is 0 Å². The van der Waals surface area contributed by atoms with E-state index in [4.69, 9.17) is 10.2 Å². The van der Waals surface area contributed by atoms with Crippen LogP contribution in [0.1, 0.15) is 19.8 Å². The lowest BCUT2D eigenvalue weighted by Crippen LogP contribution is -2.27. The van der Waals surface area contributed by atoms with E-state index in [-0.39, 0.29) is 0 Å². The Labute approximate surface area is 53.3 Å². The standard InChI is InChI=1S/C6H10O3/c1-4(7)6(2-3-6)5(8)9/h4,7H,2-3H2,1H3,(H,8,9)/t4-/m1/s1. The van der Waals surface area contributed by atoms with Gasteiger partial charge in [-0.1, -0.05) is 0 Å². The van der Waals surface area contributed by atoms with Crippen LogP contribution in [0, 0.1) is 5.41 Å². The minimum Gasteiger partial charge on any atom is -0.481 e. The third kappa shape index (κ3) is 0.812. The van der Waals surface area contributed by atoms with Crippen molar-refractivity contribution in [3.05, 3.63) is 0 Å². The first kappa shape index (κ1) is 6.55.